The first kappa shape index (κ1) is 10.1. The molecule has 0 saturated heterocycles. The van der Waals surface area contributed by atoms with Gasteiger partial charge in [-0.15, -0.1) is 0 Å². The predicted molar refractivity (Wildman–Crippen MR) is 58.3 cm³/mol. The molecule has 1 unspecified atom stereocenters. The van der Waals surface area contributed by atoms with Crippen LogP contribution in [0, 0.1) is 11.3 Å². The fraction of sp³-hybridized carbons (Fsp3) is 0.385. The molecule has 0 aromatic carbocycles. The van der Waals surface area contributed by atoms with Crippen molar-refractivity contribution >= 4 is 11.6 Å². The van der Waals surface area contributed by atoms with Crippen LogP contribution in [0.4, 0.5) is 0 Å². The fourth-order valence-electron chi connectivity index (χ4n) is 2.40. The Labute approximate surface area is 89.4 Å². The van der Waals surface area contributed by atoms with Crippen molar-refractivity contribution in [2.24, 2.45) is 11.3 Å². The average molecular weight is 202 g/mol. The Morgan fingerprint density at radius 1 is 1.40 bits per heavy atom. The molecule has 1 spiro atoms. The van der Waals surface area contributed by atoms with Crippen molar-refractivity contribution < 1.29 is 9.59 Å². The second-order valence-electron chi connectivity index (χ2n) is 4.44. The summed E-state index contributed by atoms with van der Waals surface area (Å²) in [5, 5.41) is 0. The van der Waals surface area contributed by atoms with Crippen LogP contribution in [0.1, 0.15) is 20.3 Å². The molecule has 0 bridgehead atoms. The molecular weight excluding hydrogens is 188 g/mol. The molecule has 0 radical (unpaired) electrons. The van der Waals surface area contributed by atoms with Crippen LogP contribution in [-0.2, 0) is 9.59 Å². The predicted octanol–water partition coefficient (Wildman–Crippen LogP) is 2.22. The summed E-state index contributed by atoms with van der Waals surface area (Å²) < 4.78 is 0. The Kier molecular flexibility index (Phi) is 2.22. The van der Waals surface area contributed by atoms with Crippen LogP contribution in [0.5, 0.6) is 0 Å². The summed E-state index contributed by atoms with van der Waals surface area (Å²) in [7, 11) is 0. The van der Waals surface area contributed by atoms with Crippen LogP contribution in [0.15, 0.2) is 36.0 Å². The van der Waals surface area contributed by atoms with Crippen molar-refractivity contribution in [3.63, 3.8) is 0 Å². The molecule has 0 amide bonds. The van der Waals surface area contributed by atoms with Gasteiger partial charge in [0.25, 0.3) is 0 Å². The van der Waals surface area contributed by atoms with Crippen LogP contribution < -0.4 is 0 Å². The highest BCUT2D eigenvalue weighted by molar-refractivity contribution is 6.01. The van der Waals surface area contributed by atoms with E-state index in [-0.39, 0.29) is 22.9 Å². The van der Waals surface area contributed by atoms with Gasteiger partial charge in [0.05, 0.1) is 0 Å². The number of hydrogen-bond acceptors (Lipinski definition) is 2. The van der Waals surface area contributed by atoms with E-state index in [0.717, 1.165) is 12.0 Å². The maximum Gasteiger partial charge on any atom is 0.178 e. The van der Waals surface area contributed by atoms with Crippen LogP contribution in [-0.4, -0.2) is 11.6 Å². The summed E-state index contributed by atoms with van der Waals surface area (Å²) in [6.45, 7) is 3.66. The summed E-state index contributed by atoms with van der Waals surface area (Å²) in [6, 6.07) is 0. The van der Waals surface area contributed by atoms with Gasteiger partial charge in [0.2, 0.25) is 0 Å². The van der Waals surface area contributed by atoms with E-state index in [9.17, 15) is 9.59 Å². The van der Waals surface area contributed by atoms with Crippen molar-refractivity contribution in [1.29, 1.82) is 0 Å². The average Bonchev–Trinajstić information content (AvgIpc) is 2.50. The topological polar surface area (TPSA) is 34.1 Å². The smallest absolute Gasteiger partial charge is 0.178 e. The largest absolute Gasteiger partial charge is 0.295 e. The summed E-state index contributed by atoms with van der Waals surface area (Å²) in [6.07, 6.45) is 9.88. The molecule has 78 valence electrons. The van der Waals surface area contributed by atoms with Gasteiger partial charge in [-0.25, -0.2) is 0 Å². The minimum Gasteiger partial charge on any atom is -0.295 e. The molecule has 0 aliphatic heterocycles. The first-order valence-corrected chi connectivity index (χ1v) is 5.18. The molecule has 0 fully saturated rings. The van der Waals surface area contributed by atoms with Gasteiger partial charge < -0.3 is 0 Å². The molecule has 2 aliphatic rings. The summed E-state index contributed by atoms with van der Waals surface area (Å²) in [5.41, 5.74) is 0.701. The number of rotatable bonds is 1. The SMILES string of the molecule is CC(=O)C1=CC2(C=CC(=O)C=C2)CC1C. The lowest BCUT2D eigenvalue weighted by Crippen LogP contribution is -2.13. The molecule has 0 N–H and O–H groups in total. The highest BCUT2D eigenvalue weighted by Gasteiger charge is 2.35. The number of Topliss-reactive ketones (excluding diaryl/α,β-unsaturated/α-hetero) is 1. The van der Waals surface area contributed by atoms with Crippen molar-refractivity contribution in [3.05, 3.63) is 36.0 Å². The van der Waals surface area contributed by atoms with Gasteiger partial charge in [-0.3, -0.25) is 9.59 Å². The highest BCUT2D eigenvalue weighted by Crippen LogP contribution is 2.43. The molecule has 15 heavy (non-hydrogen) atoms. The third kappa shape index (κ3) is 1.72. The molecule has 2 rings (SSSR count). The quantitative estimate of drug-likeness (QED) is 0.653. The molecule has 0 aromatic rings. The lowest BCUT2D eigenvalue weighted by atomic mass is 9.82. The third-order valence-corrected chi connectivity index (χ3v) is 3.14. The van der Waals surface area contributed by atoms with Crippen molar-refractivity contribution in [2.75, 3.05) is 0 Å². The van der Waals surface area contributed by atoms with E-state index in [1.165, 1.54) is 0 Å². The van der Waals surface area contributed by atoms with Gasteiger partial charge >= 0.3 is 0 Å². The molecule has 0 saturated carbocycles. The minimum absolute atomic E-state index is 0.0259. The Morgan fingerprint density at radius 2 is 2.00 bits per heavy atom. The zero-order valence-electron chi connectivity index (χ0n) is 8.99. The lowest BCUT2D eigenvalue weighted by molar-refractivity contribution is -0.114. The fourth-order valence-corrected chi connectivity index (χ4v) is 2.40. The molecular formula is C13H14O2. The standard InChI is InChI=1S/C13H14O2/c1-9-7-13(8-12(9)10(2)14)5-3-11(15)4-6-13/h3-6,8-9H,7H2,1-2H3. The highest BCUT2D eigenvalue weighted by atomic mass is 16.1. The lowest BCUT2D eigenvalue weighted by Gasteiger charge is -2.21. The van der Waals surface area contributed by atoms with Crippen molar-refractivity contribution in [3.8, 4) is 0 Å². The number of carbonyl (C=O) groups is 2. The van der Waals surface area contributed by atoms with E-state index in [4.69, 9.17) is 0 Å². The molecule has 2 nitrogen and oxygen atoms in total. The van der Waals surface area contributed by atoms with E-state index in [0.29, 0.717) is 0 Å². The Hall–Kier alpha value is -1.44. The summed E-state index contributed by atoms with van der Waals surface area (Å²) in [5.74, 6) is 0.445. The maximum absolute atomic E-state index is 11.4. The Morgan fingerprint density at radius 3 is 2.47 bits per heavy atom. The first-order chi connectivity index (χ1) is 7.02. The monoisotopic (exact) mass is 202 g/mol. The number of ketones is 2. The van der Waals surface area contributed by atoms with Gasteiger partial charge in [-0.05, 0) is 37.0 Å². The number of hydrogen-bond donors (Lipinski definition) is 0. The zero-order chi connectivity index (χ0) is 11.1. The van der Waals surface area contributed by atoms with E-state index in [2.05, 4.69) is 6.92 Å². The van der Waals surface area contributed by atoms with Crippen LogP contribution in [0.3, 0.4) is 0 Å². The molecule has 0 aromatic heterocycles. The van der Waals surface area contributed by atoms with Gasteiger partial charge in [0, 0.05) is 5.41 Å². The third-order valence-electron chi connectivity index (χ3n) is 3.14. The second-order valence-corrected chi connectivity index (χ2v) is 4.44. The Balaban J connectivity index is 2.35. The number of allylic oxidation sites excluding steroid dienone is 6. The van der Waals surface area contributed by atoms with Crippen LogP contribution in [0.25, 0.3) is 0 Å². The van der Waals surface area contributed by atoms with E-state index in [1.54, 1.807) is 19.1 Å². The number of carbonyl (C=O) groups excluding carboxylic acids is 2. The molecule has 0 heterocycles. The van der Waals surface area contributed by atoms with Crippen LogP contribution in [0.2, 0.25) is 0 Å². The van der Waals surface area contributed by atoms with E-state index in [1.807, 2.05) is 18.2 Å². The van der Waals surface area contributed by atoms with E-state index < -0.39 is 0 Å². The van der Waals surface area contributed by atoms with Gasteiger partial charge in [0.15, 0.2) is 11.6 Å². The Bertz CT molecular complexity index is 394. The minimum atomic E-state index is -0.186. The van der Waals surface area contributed by atoms with Gasteiger partial charge in [-0.2, -0.15) is 0 Å². The summed E-state index contributed by atoms with van der Waals surface area (Å²) >= 11 is 0. The molecule has 1 atom stereocenters. The van der Waals surface area contributed by atoms with Crippen LogP contribution >= 0.6 is 0 Å². The second kappa shape index (κ2) is 3.30. The molecule has 2 heteroatoms. The zero-order valence-corrected chi connectivity index (χ0v) is 8.99. The van der Waals surface area contributed by atoms with Gasteiger partial charge in [-0.1, -0.05) is 25.2 Å². The van der Waals surface area contributed by atoms with Crippen molar-refractivity contribution in [2.45, 2.75) is 20.3 Å². The first-order valence-electron chi connectivity index (χ1n) is 5.18. The van der Waals surface area contributed by atoms with E-state index >= 15 is 0 Å². The normalized spacial score (nSPS) is 27.2. The van der Waals surface area contributed by atoms with Crippen molar-refractivity contribution in [1.82, 2.24) is 0 Å². The van der Waals surface area contributed by atoms with Gasteiger partial charge in [0.1, 0.15) is 0 Å². The molecule has 2 aliphatic carbocycles. The maximum atomic E-state index is 11.4. The summed E-state index contributed by atoms with van der Waals surface area (Å²) in [4.78, 5) is 22.4.